The smallest absolute Gasteiger partial charge is 0.282 e. The van der Waals surface area contributed by atoms with Crippen molar-refractivity contribution in [2.24, 2.45) is 0 Å². The maximum atomic E-state index is 12.3. The van der Waals surface area contributed by atoms with Crippen molar-refractivity contribution in [3.63, 3.8) is 0 Å². The van der Waals surface area contributed by atoms with Crippen molar-refractivity contribution in [1.82, 2.24) is 9.78 Å². The van der Waals surface area contributed by atoms with Gasteiger partial charge in [0.2, 0.25) is 0 Å². The predicted octanol–water partition coefficient (Wildman–Crippen LogP) is 2.30. The summed E-state index contributed by atoms with van der Waals surface area (Å²) in [5.74, 6) is 0. The Balaban J connectivity index is 2.03. The second kappa shape index (κ2) is 4.26. The van der Waals surface area contributed by atoms with Crippen LogP contribution in [0, 0.1) is 0 Å². The summed E-state index contributed by atoms with van der Waals surface area (Å²) in [4.78, 5) is 0. The van der Waals surface area contributed by atoms with Crippen molar-refractivity contribution in [3.8, 4) is 0 Å². The highest BCUT2D eigenvalue weighted by atomic mass is 19.3. The van der Waals surface area contributed by atoms with Crippen molar-refractivity contribution in [3.05, 3.63) is 18.0 Å². The van der Waals surface area contributed by atoms with Gasteiger partial charge in [-0.15, -0.1) is 0 Å². The zero-order chi connectivity index (χ0) is 10.8. The quantitative estimate of drug-likeness (QED) is 0.823. The van der Waals surface area contributed by atoms with Gasteiger partial charge in [0.05, 0.1) is 12.1 Å². The molecule has 84 valence electrons. The molecule has 3 nitrogen and oxygen atoms in total. The first kappa shape index (κ1) is 10.5. The molecule has 5 heteroatoms. The van der Waals surface area contributed by atoms with E-state index in [2.05, 4.69) is 5.10 Å². The highest BCUT2D eigenvalue weighted by Gasteiger charge is 2.22. The van der Waals surface area contributed by atoms with Gasteiger partial charge in [0.25, 0.3) is 6.43 Å². The standard InChI is InChI=1S/C10H14F2N2O/c11-10(12)9-5-6-14(13-9)7-1-3-8(15)4-2-7/h5-8,10,15H,1-4H2. The van der Waals surface area contributed by atoms with Gasteiger partial charge < -0.3 is 5.11 Å². The number of aromatic nitrogens is 2. The molecule has 0 amide bonds. The molecular weight excluding hydrogens is 202 g/mol. The number of halogens is 2. The van der Waals surface area contributed by atoms with Crippen molar-refractivity contribution in [2.45, 2.75) is 44.3 Å². The Kier molecular flexibility index (Phi) is 3.00. The largest absolute Gasteiger partial charge is 0.393 e. The minimum atomic E-state index is -2.50. The Morgan fingerprint density at radius 2 is 2.00 bits per heavy atom. The van der Waals surface area contributed by atoms with Crippen LogP contribution in [0.15, 0.2) is 12.3 Å². The highest BCUT2D eigenvalue weighted by Crippen LogP contribution is 2.28. The van der Waals surface area contributed by atoms with Crippen molar-refractivity contribution < 1.29 is 13.9 Å². The maximum absolute atomic E-state index is 12.3. The molecule has 2 rings (SSSR count). The van der Waals surface area contributed by atoms with E-state index in [1.54, 1.807) is 10.9 Å². The molecule has 1 aromatic rings. The normalized spacial score (nSPS) is 27.2. The molecule has 1 aliphatic rings. The SMILES string of the molecule is OC1CCC(n2ccc(C(F)F)n2)CC1. The fourth-order valence-electron chi connectivity index (χ4n) is 2.00. The number of hydrogen-bond acceptors (Lipinski definition) is 2. The van der Waals surface area contributed by atoms with Crippen LogP contribution in [0.3, 0.4) is 0 Å². The topological polar surface area (TPSA) is 38.0 Å². The van der Waals surface area contributed by atoms with Crippen LogP contribution in [-0.4, -0.2) is 21.0 Å². The van der Waals surface area contributed by atoms with Gasteiger partial charge in [-0.1, -0.05) is 0 Å². The Morgan fingerprint density at radius 3 is 2.53 bits per heavy atom. The van der Waals surface area contributed by atoms with Gasteiger partial charge >= 0.3 is 0 Å². The van der Waals surface area contributed by atoms with Crippen molar-refractivity contribution in [2.75, 3.05) is 0 Å². The fraction of sp³-hybridized carbons (Fsp3) is 0.700. The second-order valence-electron chi connectivity index (χ2n) is 3.98. The summed E-state index contributed by atoms with van der Waals surface area (Å²) in [5.41, 5.74) is -0.166. The van der Waals surface area contributed by atoms with Gasteiger partial charge in [0.1, 0.15) is 5.69 Å². The Bertz CT molecular complexity index is 319. The number of nitrogens with zero attached hydrogens (tertiary/aromatic N) is 2. The van der Waals surface area contributed by atoms with Crippen LogP contribution in [0.25, 0.3) is 0 Å². The van der Waals surface area contributed by atoms with Gasteiger partial charge in [-0.3, -0.25) is 4.68 Å². The van der Waals surface area contributed by atoms with Crippen molar-refractivity contribution in [1.29, 1.82) is 0 Å². The molecule has 0 aromatic carbocycles. The van der Waals surface area contributed by atoms with E-state index in [9.17, 15) is 13.9 Å². The van der Waals surface area contributed by atoms with Crippen LogP contribution < -0.4 is 0 Å². The van der Waals surface area contributed by atoms with Crippen LogP contribution in [-0.2, 0) is 0 Å². The summed E-state index contributed by atoms with van der Waals surface area (Å²) in [7, 11) is 0. The average Bonchev–Trinajstić information content (AvgIpc) is 2.68. The van der Waals surface area contributed by atoms with E-state index in [1.807, 2.05) is 0 Å². The number of aliphatic hydroxyl groups excluding tert-OH is 1. The lowest BCUT2D eigenvalue weighted by Gasteiger charge is -2.25. The monoisotopic (exact) mass is 216 g/mol. The third-order valence-corrected chi connectivity index (χ3v) is 2.89. The number of alkyl halides is 2. The molecule has 0 radical (unpaired) electrons. The van der Waals surface area contributed by atoms with Crippen molar-refractivity contribution >= 4 is 0 Å². The molecule has 0 aliphatic heterocycles. The van der Waals surface area contributed by atoms with Crippen LogP contribution in [0.4, 0.5) is 8.78 Å². The van der Waals surface area contributed by atoms with E-state index in [0.29, 0.717) is 0 Å². The molecule has 1 N–H and O–H groups in total. The lowest BCUT2D eigenvalue weighted by atomic mass is 9.93. The summed E-state index contributed by atoms with van der Waals surface area (Å²) >= 11 is 0. The fourth-order valence-corrected chi connectivity index (χ4v) is 2.00. The van der Waals surface area contributed by atoms with E-state index < -0.39 is 6.43 Å². The lowest BCUT2D eigenvalue weighted by Crippen LogP contribution is -2.21. The molecule has 1 heterocycles. The number of hydrogen-bond donors (Lipinski definition) is 1. The molecule has 0 spiro atoms. The summed E-state index contributed by atoms with van der Waals surface area (Å²) < 4.78 is 26.2. The first-order valence-corrected chi connectivity index (χ1v) is 5.18. The highest BCUT2D eigenvalue weighted by molar-refractivity contribution is 5.01. The molecule has 0 saturated heterocycles. The summed E-state index contributed by atoms with van der Waals surface area (Å²) in [6.45, 7) is 0. The van der Waals surface area contributed by atoms with Crippen LogP contribution >= 0.6 is 0 Å². The molecule has 1 saturated carbocycles. The van der Waals surface area contributed by atoms with Gasteiger partial charge in [-0.2, -0.15) is 5.10 Å². The van der Waals surface area contributed by atoms with Gasteiger partial charge in [0, 0.05) is 6.20 Å². The van der Waals surface area contributed by atoms with E-state index in [1.165, 1.54) is 6.07 Å². The van der Waals surface area contributed by atoms with Gasteiger partial charge in [-0.25, -0.2) is 8.78 Å². The predicted molar refractivity (Wildman–Crippen MR) is 50.7 cm³/mol. The maximum Gasteiger partial charge on any atom is 0.282 e. The molecule has 0 unspecified atom stereocenters. The second-order valence-corrected chi connectivity index (χ2v) is 3.98. The Morgan fingerprint density at radius 1 is 1.33 bits per heavy atom. The zero-order valence-corrected chi connectivity index (χ0v) is 8.31. The van der Waals surface area contributed by atoms with Crippen LogP contribution in [0.5, 0.6) is 0 Å². The third kappa shape index (κ3) is 2.34. The third-order valence-electron chi connectivity index (χ3n) is 2.89. The molecule has 15 heavy (non-hydrogen) atoms. The van der Waals surface area contributed by atoms with E-state index in [-0.39, 0.29) is 17.8 Å². The average molecular weight is 216 g/mol. The minimum Gasteiger partial charge on any atom is -0.393 e. The van der Waals surface area contributed by atoms with E-state index in [4.69, 9.17) is 0 Å². The molecule has 1 aliphatic carbocycles. The summed E-state index contributed by atoms with van der Waals surface area (Å²) in [5, 5.41) is 13.2. The lowest BCUT2D eigenvalue weighted by molar-refractivity contribution is 0.106. The molecule has 1 fully saturated rings. The Hall–Kier alpha value is -0.970. The summed E-state index contributed by atoms with van der Waals surface area (Å²) in [6.07, 6.45) is 1.95. The number of rotatable bonds is 2. The molecule has 0 bridgehead atoms. The first-order valence-electron chi connectivity index (χ1n) is 5.18. The molecule has 0 atom stereocenters. The van der Waals surface area contributed by atoms with Crippen LogP contribution in [0.1, 0.15) is 43.8 Å². The number of aliphatic hydroxyl groups is 1. The summed E-state index contributed by atoms with van der Waals surface area (Å²) in [6, 6.07) is 1.52. The van der Waals surface area contributed by atoms with Gasteiger partial charge in [0.15, 0.2) is 0 Å². The Labute approximate surface area is 86.7 Å². The first-order chi connectivity index (χ1) is 7.16. The van der Waals surface area contributed by atoms with E-state index in [0.717, 1.165) is 25.7 Å². The minimum absolute atomic E-state index is 0.166. The zero-order valence-electron chi connectivity index (χ0n) is 8.31. The molecule has 1 aromatic heterocycles. The molecular formula is C10H14F2N2O. The van der Waals surface area contributed by atoms with E-state index >= 15 is 0 Å². The van der Waals surface area contributed by atoms with Crippen LogP contribution in [0.2, 0.25) is 0 Å². The van der Waals surface area contributed by atoms with Gasteiger partial charge in [-0.05, 0) is 31.7 Å².